The highest BCUT2D eigenvalue weighted by molar-refractivity contribution is 6.30. The van der Waals surface area contributed by atoms with Gasteiger partial charge >= 0.3 is 0 Å². The second kappa shape index (κ2) is 10.3. The van der Waals surface area contributed by atoms with E-state index in [2.05, 4.69) is 35.6 Å². The molecule has 1 fully saturated rings. The van der Waals surface area contributed by atoms with Gasteiger partial charge in [0.15, 0.2) is 0 Å². The normalized spacial score (nSPS) is 13.7. The van der Waals surface area contributed by atoms with Crippen molar-refractivity contribution in [2.45, 2.75) is 25.9 Å². The van der Waals surface area contributed by atoms with E-state index < -0.39 is 0 Å². The molecule has 3 aromatic rings. The Morgan fingerprint density at radius 2 is 1.84 bits per heavy atom. The minimum absolute atomic E-state index is 0.162. The molecule has 0 aromatic heterocycles. The van der Waals surface area contributed by atoms with Crippen LogP contribution in [0.1, 0.15) is 29.5 Å². The summed E-state index contributed by atoms with van der Waals surface area (Å²) in [6.07, 6.45) is 4.87. The highest BCUT2D eigenvalue weighted by atomic mass is 35.5. The monoisotopic (exact) mass is 444 g/mol. The fraction of sp³-hybridized carbons (Fsp3) is 0.185. The standard InChI is InChI=1S/C27H25ClN2O2/c28-24-7-3-5-20(17-24)12-15-26(31)29-18-23-6-1-2-8-25(23)22-13-10-21(11-14-22)19-30-16-4-9-27(30)32/h1-3,5-8,10-15,17H,4,9,16,18-19H2,(H,29,31). The molecule has 32 heavy (non-hydrogen) atoms. The van der Waals surface area contributed by atoms with E-state index in [0.717, 1.165) is 40.8 Å². The first-order chi connectivity index (χ1) is 15.6. The zero-order chi connectivity index (χ0) is 22.3. The van der Waals surface area contributed by atoms with E-state index in [1.165, 1.54) is 6.08 Å². The largest absolute Gasteiger partial charge is 0.348 e. The number of nitrogens with zero attached hydrogens (tertiary/aromatic N) is 1. The number of hydrogen-bond donors (Lipinski definition) is 1. The van der Waals surface area contributed by atoms with Crippen LogP contribution in [0.15, 0.2) is 78.9 Å². The lowest BCUT2D eigenvalue weighted by Crippen LogP contribution is -2.23. The molecular weight excluding hydrogens is 420 g/mol. The third-order valence-corrected chi connectivity index (χ3v) is 5.79. The van der Waals surface area contributed by atoms with Gasteiger partial charge in [-0.25, -0.2) is 0 Å². The van der Waals surface area contributed by atoms with E-state index >= 15 is 0 Å². The van der Waals surface area contributed by atoms with Crippen LogP contribution in [0.3, 0.4) is 0 Å². The van der Waals surface area contributed by atoms with Gasteiger partial charge < -0.3 is 10.2 Å². The Labute approximate surface area is 193 Å². The summed E-state index contributed by atoms with van der Waals surface area (Å²) in [5.41, 5.74) is 5.21. The fourth-order valence-corrected chi connectivity index (χ4v) is 4.06. The number of nitrogens with one attached hydrogen (secondary N) is 1. The highest BCUT2D eigenvalue weighted by Gasteiger charge is 2.19. The molecule has 0 aliphatic carbocycles. The molecule has 4 nitrogen and oxygen atoms in total. The van der Waals surface area contributed by atoms with Crippen molar-refractivity contribution in [2.75, 3.05) is 6.54 Å². The minimum Gasteiger partial charge on any atom is -0.348 e. The first kappa shape index (κ1) is 21.8. The van der Waals surface area contributed by atoms with E-state index in [1.807, 2.05) is 41.3 Å². The van der Waals surface area contributed by atoms with Crippen LogP contribution in [0.2, 0.25) is 5.02 Å². The van der Waals surface area contributed by atoms with Crippen LogP contribution in [0.4, 0.5) is 0 Å². The second-order valence-electron chi connectivity index (χ2n) is 7.88. The van der Waals surface area contributed by atoms with E-state index in [0.29, 0.717) is 24.5 Å². The first-order valence-corrected chi connectivity index (χ1v) is 11.1. The summed E-state index contributed by atoms with van der Waals surface area (Å²) in [5.74, 6) is 0.0741. The molecule has 1 heterocycles. The average Bonchev–Trinajstić information content (AvgIpc) is 3.21. The van der Waals surface area contributed by atoms with Crippen molar-refractivity contribution >= 4 is 29.5 Å². The van der Waals surface area contributed by atoms with Crippen molar-refractivity contribution in [2.24, 2.45) is 0 Å². The Morgan fingerprint density at radius 3 is 2.59 bits per heavy atom. The van der Waals surface area contributed by atoms with Crippen LogP contribution in [-0.4, -0.2) is 23.3 Å². The summed E-state index contributed by atoms with van der Waals surface area (Å²) >= 11 is 5.98. The van der Waals surface area contributed by atoms with Gasteiger partial charge in [-0.3, -0.25) is 9.59 Å². The van der Waals surface area contributed by atoms with Crippen molar-refractivity contribution in [3.8, 4) is 11.1 Å². The Kier molecular flexibility index (Phi) is 7.03. The van der Waals surface area contributed by atoms with Crippen molar-refractivity contribution < 1.29 is 9.59 Å². The number of carbonyl (C=O) groups is 2. The lowest BCUT2D eigenvalue weighted by Gasteiger charge is -2.16. The number of likely N-dealkylation sites (tertiary alicyclic amines) is 1. The summed E-state index contributed by atoms with van der Waals surface area (Å²) in [6, 6.07) is 23.7. The van der Waals surface area contributed by atoms with Gasteiger partial charge in [-0.1, -0.05) is 72.3 Å². The maximum Gasteiger partial charge on any atom is 0.244 e. The predicted octanol–water partition coefficient (Wildman–Crippen LogP) is 5.46. The lowest BCUT2D eigenvalue weighted by atomic mass is 9.98. The Balaban J connectivity index is 1.40. The van der Waals surface area contributed by atoms with E-state index in [-0.39, 0.29) is 11.8 Å². The van der Waals surface area contributed by atoms with Gasteiger partial charge in [0.2, 0.25) is 11.8 Å². The molecule has 0 radical (unpaired) electrons. The van der Waals surface area contributed by atoms with Gasteiger partial charge in [0.1, 0.15) is 0 Å². The van der Waals surface area contributed by atoms with Crippen LogP contribution >= 0.6 is 11.6 Å². The molecule has 1 aliphatic heterocycles. The van der Waals surface area contributed by atoms with E-state index in [9.17, 15) is 9.59 Å². The molecule has 162 valence electrons. The number of benzene rings is 3. The van der Waals surface area contributed by atoms with Gasteiger partial charge in [0.25, 0.3) is 0 Å². The molecule has 0 saturated carbocycles. The Hall–Kier alpha value is -3.37. The minimum atomic E-state index is -0.162. The summed E-state index contributed by atoms with van der Waals surface area (Å²) < 4.78 is 0. The van der Waals surface area contributed by atoms with Crippen molar-refractivity contribution in [1.82, 2.24) is 10.2 Å². The maximum atomic E-state index is 12.3. The van der Waals surface area contributed by atoms with Gasteiger partial charge in [-0.15, -0.1) is 0 Å². The number of halogens is 1. The zero-order valence-corrected chi connectivity index (χ0v) is 18.5. The molecule has 0 spiro atoms. The predicted molar refractivity (Wildman–Crippen MR) is 129 cm³/mol. The Bertz CT molecular complexity index is 1140. The van der Waals surface area contributed by atoms with Gasteiger partial charge in [0, 0.05) is 37.2 Å². The van der Waals surface area contributed by atoms with Crippen molar-refractivity contribution in [3.63, 3.8) is 0 Å². The van der Waals surface area contributed by atoms with E-state index in [4.69, 9.17) is 11.6 Å². The topological polar surface area (TPSA) is 49.4 Å². The second-order valence-corrected chi connectivity index (χ2v) is 8.32. The van der Waals surface area contributed by atoms with Gasteiger partial charge in [0.05, 0.1) is 0 Å². The molecule has 5 heteroatoms. The van der Waals surface area contributed by atoms with Crippen LogP contribution in [0, 0.1) is 0 Å². The number of hydrogen-bond acceptors (Lipinski definition) is 2. The smallest absolute Gasteiger partial charge is 0.244 e. The van der Waals surface area contributed by atoms with Gasteiger partial charge in [-0.05, 0) is 52.4 Å². The van der Waals surface area contributed by atoms with Crippen molar-refractivity contribution in [1.29, 1.82) is 0 Å². The van der Waals surface area contributed by atoms with E-state index in [1.54, 1.807) is 12.1 Å². The average molecular weight is 445 g/mol. The highest BCUT2D eigenvalue weighted by Crippen LogP contribution is 2.25. The zero-order valence-electron chi connectivity index (χ0n) is 17.8. The molecule has 1 aliphatic rings. The fourth-order valence-electron chi connectivity index (χ4n) is 3.86. The molecule has 3 aromatic carbocycles. The SMILES string of the molecule is O=C(C=Cc1cccc(Cl)c1)NCc1ccccc1-c1ccc(CN2CCCC2=O)cc1. The molecule has 2 amide bonds. The third-order valence-electron chi connectivity index (χ3n) is 5.56. The number of amides is 2. The number of rotatable bonds is 7. The number of carbonyl (C=O) groups excluding carboxylic acids is 2. The van der Waals surface area contributed by atoms with Crippen LogP contribution in [-0.2, 0) is 22.7 Å². The lowest BCUT2D eigenvalue weighted by molar-refractivity contribution is -0.128. The molecule has 4 rings (SSSR count). The molecule has 0 bridgehead atoms. The Morgan fingerprint density at radius 1 is 1.03 bits per heavy atom. The maximum absolute atomic E-state index is 12.3. The summed E-state index contributed by atoms with van der Waals surface area (Å²) in [7, 11) is 0. The third kappa shape index (κ3) is 5.65. The molecule has 0 unspecified atom stereocenters. The summed E-state index contributed by atoms with van der Waals surface area (Å²) in [4.78, 5) is 26.1. The van der Waals surface area contributed by atoms with Gasteiger partial charge in [-0.2, -0.15) is 0 Å². The molecule has 1 saturated heterocycles. The first-order valence-electron chi connectivity index (χ1n) is 10.7. The molecule has 0 atom stereocenters. The van der Waals surface area contributed by atoms with Crippen LogP contribution in [0.25, 0.3) is 17.2 Å². The summed E-state index contributed by atoms with van der Waals surface area (Å²) in [5, 5.41) is 3.59. The summed E-state index contributed by atoms with van der Waals surface area (Å²) in [6.45, 7) is 1.93. The van der Waals surface area contributed by atoms with Crippen LogP contribution in [0.5, 0.6) is 0 Å². The molecule has 1 N–H and O–H groups in total. The quantitative estimate of drug-likeness (QED) is 0.492. The van der Waals surface area contributed by atoms with Crippen LogP contribution < -0.4 is 5.32 Å². The molecular formula is C27H25ClN2O2. The van der Waals surface area contributed by atoms with Crippen molar-refractivity contribution in [3.05, 3.63) is 101 Å².